The van der Waals surface area contributed by atoms with E-state index in [9.17, 15) is 4.79 Å². The lowest BCUT2D eigenvalue weighted by Crippen LogP contribution is -2.38. The van der Waals surface area contributed by atoms with Crippen molar-refractivity contribution >= 4 is 16.8 Å². The van der Waals surface area contributed by atoms with Crippen LogP contribution in [0.25, 0.3) is 10.8 Å². The predicted molar refractivity (Wildman–Crippen MR) is 102 cm³/mol. The van der Waals surface area contributed by atoms with Crippen molar-refractivity contribution < 1.29 is 9.90 Å². The van der Waals surface area contributed by atoms with E-state index in [1.165, 1.54) is 16.3 Å². The molecule has 7 heteroatoms. The van der Waals surface area contributed by atoms with Gasteiger partial charge in [-0.2, -0.15) is 0 Å². The predicted octanol–water partition coefficient (Wildman–Crippen LogP) is 2.17. The standard InChI is InChI=1S/C20H23N5O2/c26-13-17-12-25(24-23-17)9-3-8-21-20(27)22-19-11-18(19)16-7-6-14-4-1-2-5-15(14)10-16/h1-2,4-7,10,12,18-19,26H,3,8-9,11,13H2,(H2,21,22,27)/t18-,19+/m0/s1. The second-order valence-corrected chi connectivity index (χ2v) is 6.94. The molecular formula is C20H23N5O2. The van der Waals surface area contributed by atoms with Crippen LogP contribution in [0.4, 0.5) is 4.79 Å². The molecule has 0 bridgehead atoms. The minimum atomic E-state index is -0.127. The van der Waals surface area contributed by atoms with E-state index in [0.29, 0.717) is 24.7 Å². The summed E-state index contributed by atoms with van der Waals surface area (Å²) in [6.07, 6.45) is 3.44. The van der Waals surface area contributed by atoms with Crippen molar-refractivity contribution in [2.45, 2.75) is 38.0 Å². The Kier molecular flexibility index (Phi) is 5.02. The maximum absolute atomic E-state index is 12.1. The van der Waals surface area contributed by atoms with Crippen molar-refractivity contribution in [2.24, 2.45) is 0 Å². The molecular weight excluding hydrogens is 342 g/mol. The normalized spacial score (nSPS) is 18.4. The zero-order valence-electron chi connectivity index (χ0n) is 15.0. The van der Waals surface area contributed by atoms with E-state index >= 15 is 0 Å². The van der Waals surface area contributed by atoms with Gasteiger partial charge in [-0.15, -0.1) is 5.10 Å². The molecule has 4 rings (SSSR count). The highest BCUT2D eigenvalue weighted by Gasteiger charge is 2.39. The average Bonchev–Trinajstić information content (AvgIpc) is 3.30. The lowest BCUT2D eigenvalue weighted by molar-refractivity contribution is 0.240. The molecule has 27 heavy (non-hydrogen) atoms. The molecule has 2 aromatic carbocycles. The van der Waals surface area contributed by atoms with Crippen LogP contribution in [0.5, 0.6) is 0 Å². The van der Waals surface area contributed by atoms with Crippen molar-refractivity contribution in [3.63, 3.8) is 0 Å². The Hall–Kier alpha value is -2.93. The number of fused-ring (bicyclic) bond motifs is 1. The lowest BCUT2D eigenvalue weighted by Gasteiger charge is -2.08. The number of urea groups is 1. The lowest BCUT2D eigenvalue weighted by atomic mass is 10.0. The minimum absolute atomic E-state index is 0.111. The van der Waals surface area contributed by atoms with E-state index in [4.69, 9.17) is 5.11 Å². The number of rotatable bonds is 7. The number of aliphatic hydroxyl groups is 1. The first kappa shape index (κ1) is 17.5. The molecule has 0 radical (unpaired) electrons. The van der Waals surface area contributed by atoms with Crippen molar-refractivity contribution in [1.29, 1.82) is 0 Å². The Morgan fingerprint density at radius 1 is 1.22 bits per heavy atom. The second kappa shape index (κ2) is 7.75. The van der Waals surface area contributed by atoms with Crippen LogP contribution in [-0.2, 0) is 13.2 Å². The van der Waals surface area contributed by atoms with Gasteiger partial charge in [-0.25, -0.2) is 4.79 Å². The van der Waals surface area contributed by atoms with Gasteiger partial charge in [-0.05, 0) is 29.2 Å². The summed E-state index contributed by atoms with van der Waals surface area (Å²) in [4.78, 5) is 12.1. The van der Waals surface area contributed by atoms with Gasteiger partial charge in [0.2, 0.25) is 0 Å². The van der Waals surface area contributed by atoms with Crippen molar-refractivity contribution in [3.8, 4) is 0 Å². The number of benzene rings is 2. The number of nitrogens with zero attached hydrogens (tertiary/aromatic N) is 3. The largest absolute Gasteiger partial charge is 0.390 e. The van der Waals surface area contributed by atoms with E-state index in [0.717, 1.165) is 12.8 Å². The number of hydrogen-bond donors (Lipinski definition) is 3. The maximum Gasteiger partial charge on any atom is 0.315 e. The number of amides is 2. The molecule has 0 saturated heterocycles. The maximum atomic E-state index is 12.1. The molecule has 1 heterocycles. The Bertz CT molecular complexity index is 939. The third kappa shape index (κ3) is 4.25. The van der Waals surface area contributed by atoms with Gasteiger partial charge in [0.1, 0.15) is 5.69 Å². The minimum Gasteiger partial charge on any atom is -0.390 e. The molecule has 2 atom stereocenters. The highest BCUT2D eigenvalue weighted by Crippen LogP contribution is 2.41. The summed E-state index contributed by atoms with van der Waals surface area (Å²) >= 11 is 0. The number of carbonyl (C=O) groups is 1. The van der Waals surface area contributed by atoms with Crippen molar-refractivity contribution in [3.05, 3.63) is 59.9 Å². The van der Waals surface area contributed by atoms with Crippen LogP contribution in [0.1, 0.15) is 30.0 Å². The fraction of sp³-hybridized carbons (Fsp3) is 0.350. The molecule has 1 saturated carbocycles. The summed E-state index contributed by atoms with van der Waals surface area (Å²) in [5, 5.41) is 25.1. The van der Waals surface area contributed by atoms with Crippen LogP contribution in [0.3, 0.4) is 0 Å². The average molecular weight is 365 g/mol. The third-order valence-electron chi connectivity index (χ3n) is 4.91. The highest BCUT2D eigenvalue weighted by molar-refractivity contribution is 5.83. The molecule has 1 aliphatic rings. The molecule has 3 aromatic rings. The van der Waals surface area contributed by atoms with Gasteiger partial charge in [0.05, 0.1) is 12.8 Å². The summed E-state index contributed by atoms with van der Waals surface area (Å²) in [5.74, 6) is 0.396. The number of nitrogens with one attached hydrogen (secondary N) is 2. The zero-order chi connectivity index (χ0) is 18.6. The Labute approximate surface area is 157 Å². The summed E-state index contributed by atoms with van der Waals surface area (Å²) < 4.78 is 1.67. The van der Waals surface area contributed by atoms with Crippen LogP contribution >= 0.6 is 0 Å². The number of aryl methyl sites for hydroxylation is 1. The smallest absolute Gasteiger partial charge is 0.315 e. The molecule has 0 spiro atoms. The van der Waals surface area contributed by atoms with Crippen molar-refractivity contribution in [1.82, 2.24) is 25.6 Å². The van der Waals surface area contributed by atoms with E-state index in [-0.39, 0.29) is 18.7 Å². The van der Waals surface area contributed by atoms with Crippen LogP contribution < -0.4 is 10.6 Å². The summed E-state index contributed by atoms with van der Waals surface area (Å²) in [5.41, 5.74) is 1.83. The van der Waals surface area contributed by atoms with E-state index in [2.05, 4.69) is 51.3 Å². The highest BCUT2D eigenvalue weighted by atomic mass is 16.3. The molecule has 140 valence electrons. The Morgan fingerprint density at radius 3 is 2.89 bits per heavy atom. The van der Waals surface area contributed by atoms with Gasteiger partial charge >= 0.3 is 6.03 Å². The van der Waals surface area contributed by atoms with Gasteiger partial charge in [-0.3, -0.25) is 4.68 Å². The number of aromatic nitrogens is 3. The molecule has 0 unspecified atom stereocenters. The van der Waals surface area contributed by atoms with Crippen LogP contribution in [0.2, 0.25) is 0 Å². The molecule has 0 aliphatic heterocycles. The van der Waals surface area contributed by atoms with Crippen molar-refractivity contribution in [2.75, 3.05) is 6.54 Å². The fourth-order valence-electron chi connectivity index (χ4n) is 3.34. The van der Waals surface area contributed by atoms with Gasteiger partial charge in [0.15, 0.2) is 0 Å². The van der Waals surface area contributed by atoms with E-state index in [1.54, 1.807) is 10.9 Å². The van der Waals surface area contributed by atoms with Gasteiger partial charge in [-0.1, -0.05) is 47.7 Å². The van der Waals surface area contributed by atoms with Gasteiger partial charge in [0, 0.05) is 25.0 Å². The number of aliphatic hydroxyl groups excluding tert-OH is 1. The number of carbonyl (C=O) groups excluding carboxylic acids is 1. The van der Waals surface area contributed by atoms with Gasteiger partial charge < -0.3 is 15.7 Å². The molecule has 1 fully saturated rings. The molecule has 1 aliphatic carbocycles. The van der Waals surface area contributed by atoms with Crippen LogP contribution in [-0.4, -0.2) is 38.7 Å². The summed E-state index contributed by atoms with van der Waals surface area (Å²) in [6.45, 7) is 1.10. The zero-order valence-corrected chi connectivity index (χ0v) is 15.0. The summed E-state index contributed by atoms with van der Waals surface area (Å²) in [7, 11) is 0. The molecule has 2 amide bonds. The quantitative estimate of drug-likeness (QED) is 0.560. The molecule has 7 nitrogen and oxygen atoms in total. The monoisotopic (exact) mass is 365 g/mol. The first-order chi connectivity index (χ1) is 13.2. The first-order valence-electron chi connectivity index (χ1n) is 9.26. The van der Waals surface area contributed by atoms with Crippen LogP contribution in [0.15, 0.2) is 48.7 Å². The van der Waals surface area contributed by atoms with Gasteiger partial charge in [0.25, 0.3) is 0 Å². The summed E-state index contributed by atoms with van der Waals surface area (Å²) in [6, 6.07) is 14.9. The topological polar surface area (TPSA) is 92.1 Å². The first-order valence-corrected chi connectivity index (χ1v) is 9.26. The Balaban J connectivity index is 1.20. The van der Waals surface area contributed by atoms with E-state index in [1.807, 2.05) is 12.1 Å². The second-order valence-electron chi connectivity index (χ2n) is 6.94. The number of hydrogen-bond acceptors (Lipinski definition) is 4. The third-order valence-corrected chi connectivity index (χ3v) is 4.91. The molecule has 1 aromatic heterocycles. The Morgan fingerprint density at radius 2 is 2.07 bits per heavy atom. The SMILES string of the molecule is O=C(NCCCn1cc(CO)nn1)N[C@@H]1C[C@H]1c1ccc2ccccc2c1. The van der Waals surface area contributed by atoms with Crippen LogP contribution in [0, 0.1) is 0 Å². The van der Waals surface area contributed by atoms with E-state index < -0.39 is 0 Å². The molecule has 3 N–H and O–H groups in total. The fourth-order valence-corrected chi connectivity index (χ4v) is 3.34.